The van der Waals surface area contributed by atoms with Gasteiger partial charge in [0.2, 0.25) is 0 Å². The molecule has 7 nitrogen and oxygen atoms in total. The number of benzene rings is 2. The van der Waals surface area contributed by atoms with Gasteiger partial charge < -0.3 is 29.2 Å². The highest BCUT2D eigenvalue weighted by Crippen LogP contribution is 2.32. The highest BCUT2D eigenvalue weighted by atomic mass is 16.5. The fourth-order valence-corrected chi connectivity index (χ4v) is 2.96. The van der Waals surface area contributed by atoms with Crippen LogP contribution in [0.2, 0.25) is 0 Å². The second-order valence-corrected chi connectivity index (χ2v) is 6.23. The van der Waals surface area contributed by atoms with Gasteiger partial charge in [-0.05, 0) is 37.4 Å². The lowest BCUT2D eigenvalue weighted by molar-refractivity contribution is 0.102. The van der Waals surface area contributed by atoms with Gasteiger partial charge in [0.15, 0.2) is 11.5 Å². The molecule has 2 rings (SSSR count). The van der Waals surface area contributed by atoms with E-state index >= 15 is 0 Å². The number of likely N-dealkylation sites (N-methyl/N-ethyl adjacent to an activating group) is 1. The number of ether oxygens (including phenoxy) is 4. The van der Waals surface area contributed by atoms with E-state index < -0.39 is 0 Å². The molecule has 0 heterocycles. The van der Waals surface area contributed by atoms with Gasteiger partial charge in [0.1, 0.15) is 23.7 Å². The minimum atomic E-state index is -0.337. The Labute approximate surface area is 172 Å². The predicted octanol–water partition coefficient (Wildman–Crippen LogP) is 3.69. The third kappa shape index (κ3) is 5.77. The molecule has 0 saturated carbocycles. The zero-order valence-corrected chi connectivity index (χ0v) is 17.8. The summed E-state index contributed by atoms with van der Waals surface area (Å²) in [6.07, 6.45) is 0. The summed E-state index contributed by atoms with van der Waals surface area (Å²) in [5.74, 6) is 1.72. The van der Waals surface area contributed by atoms with E-state index in [-0.39, 0.29) is 5.91 Å². The number of hydrogen-bond donors (Lipinski definition) is 1. The summed E-state index contributed by atoms with van der Waals surface area (Å²) < 4.78 is 21.9. The Kier molecular flexibility index (Phi) is 8.61. The van der Waals surface area contributed by atoms with Crippen LogP contribution >= 0.6 is 0 Å². The van der Waals surface area contributed by atoms with Crippen LogP contribution in [0.1, 0.15) is 24.2 Å². The van der Waals surface area contributed by atoms with Crippen molar-refractivity contribution in [2.24, 2.45) is 0 Å². The molecule has 7 heteroatoms. The summed E-state index contributed by atoms with van der Waals surface area (Å²) in [6, 6.07) is 10.5. The minimum Gasteiger partial charge on any atom is -0.496 e. The van der Waals surface area contributed by atoms with Gasteiger partial charge in [-0.25, -0.2) is 0 Å². The zero-order valence-electron chi connectivity index (χ0n) is 17.8. The van der Waals surface area contributed by atoms with Gasteiger partial charge in [0.25, 0.3) is 5.91 Å². The zero-order chi connectivity index (χ0) is 21.2. The summed E-state index contributed by atoms with van der Waals surface area (Å²) in [7, 11) is 4.60. The standard InChI is InChI=1S/C22H30N2O5/c1-6-24(7-2)13-14-29-17-12-11-16(15-20(17)28-5)23-22(25)21-18(26-3)9-8-10-19(21)27-4/h8-12,15H,6-7,13-14H2,1-5H3,(H,23,25). The van der Waals surface area contributed by atoms with Gasteiger partial charge in [-0.2, -0.15) is 0 Å². The predicted molar refractivity (Wildman–Crippen MR) is 114 cm³/mol. The first kappa shape index (κ1) is 22.4. The van der Waals surface area contributed by atoms with Gasteiger partial charge in [-0.15, -0.1) is 0 Å². The van der Waals surface area contributed by atoms with Crippen LogP contribution in [0.3, 0.4) is 0 Å². The first-order chi connectivity index (χ1) is 14.1. The molecule has 0 saturated heterocycles. The maximum Gasteiger partial charge on any atom is 0.263 e. The maximum absolute atomic E-state index is 12.8. The van der Waals surface area contributed by atoms with Crippen molar-refractivity contribution in [1.29, 1.82) is 0 Å². The monoisotopic (exact) mass is 402 g/mol. The first-order valence-electron chi connectivity index (χ1n) is 9.63. The van der Waals surface area contributed by atoms with E-state index in [1.54, 1.807) is 43.5 Å². The van der Waals surface area contributed by atoms with Crippen molar-refractivity contribution in [2.75, 3.05) is 52.9 Å². The van der Waals surface area contributed by atoms with E-state index in [0.29, 0.717) is 40.9 Å². The van der Waals surface area contributed by atoms with Crippen molar-refractivity contribution < 1.29 is 23.7 Å². The number of amides is 1. The van der Waals surface area contributed by atoms with E-state index in [4.69, 9.17) is 18.9 Å². The van der Waals surface area contributed by atoms with Gasteiger partial charge in [-0.1, -0.05) is 19.9 Å². The molecule has 1 amide bonds. The van der Waals surface area contributed by atoms with Crippen LogP contribution in [0.25, 0.3) is 0 Å². The molecular formula is C22H30N2O5. The number of carbonyl (C=O) groups is 1. The average molecular weight is 402 g/mol. The Morgan fingerprint density at radius 1 is 0.897 bits per heavy atom. The van der Waals surface area contributed by atoms with Crippen LogP contribution in [-0.4, -0.2) is 58.4 Å². The Morgan fingerprint density at radius 2 is 1.52 bits per heavy atom. The number of nitrogens with one attached hydrogen (secondary N) is 1. The van der Waals surface area contributed by atoms with Gasteiger partial charge in [-0.3, -0.25) is 4.79 Å². The molecule has 0 aliphatic carbocycles. The Balaban J connectivity index is 2.13. The van der Waals surface area contributed by atoms with E-state index in [1.165, 1.54) is 14.2 Å². The molecule has 0 aromatic heterocycles. The van der Waals surface area contributed by atoms with Crippen molar-refractivity contribution in [3.05, 3.63) is 42.0 Å². The number of rotatable bonds is 11. The Hall–Kier alpha value is -2.93. The number of nitrogens with zero attached hydrogens (tertiary/aromatic N) is 1. The molecule has 0 spiro atoms. The van der Waals surface area contributed by atoms with Crippen LogP contribution in [0.5, 0.6) is 23.0 Å². The van der Waals surface area contributed by atoms with Crippen molar-refractivity contribution in [3.8, 4) is 23.0 Å². The van der Waals surface area contributed by atoms with Gasteiger partial charge in [0, 0.05) is 18.3 Å². The highest BCUT2D eigenvalue weighted by Gasteiger charge is 2.19. The Morgan fingerprint density at radius 3 is 2.07 bits per heavy atom. The Bertz CT molecular complexity index is 784. The normalized spacial score (nSPS) is 10.6. The number of carbonyl (C=O) groups excluding carboxylic acids is 1. The highest BCUT2D eigenvalue weighted by molar-refractivity contribution is 6.08. The summed E-state index contributed by atoms with van der Waals surface area (Å²) in [5.41, 5.74) is 0.909. The summed E-state index contributed by atoms with van der Waals surface area (Å²) in [5, 5.41) is 2.86. The van der Waals surface area contributed by atoms with Gasteiger partial charge >= 0.3 is 0 Å². The molecule has 0 radical (unpaired) electrons. The van der Waals surface area contributed by atoms with E-state index in [1.807, 2.05) is 0 Å². The van der Waals surface area contributed by atoms with E-state index in [9.17, 15) is 4.79 Å². The summed E-state index contributed by atoms with van der Waals surface area (Å²) in [6.45, 7) is 7.60. The largest absolute Gasteiger partial charge is 0.496 e. The molecule has 2 aromatic rings. The van der Waals surface area contributed by atoms with Crippen LogP contribution < -0.4 is 24.3 Å². The van der Waals surface area contributed by atoms with Crippen LogP contribution in [0.4, 0.5) is 5.69 Å². The summed E-state index contributed by atoms with van der Waals surface area (Å²) in [4.78, 5) is 15.1. The van der Waals surface area contributed by atoms with Crippen LogP contribution in [-0.2, 0) is 0 Å². The van der Waals surface area contributed by atoms with E-state index in [2.05, 4.69) is 24.1 Å². The van der Waals surface area contributed by atoms with E-state index in [0.717, 1.165) is 19.6 Å². The van der Waals surface area contributed by atoms with Gasteiger partial charge in [0.05, 0.1) is 21.3 Å². The fourth-order valence-electron chi connectivity index (χ4n) is 2.96. The van der Waals surface area contributed by atoms with Crippen LogP contribution in [0, 0.1) is 0 Å². The van der Waals surface area contributed by atoms with Crippen molar-refractivity contribution in [1.82, 2.24) is 4.90 Å². The lowest BCUT2D eigenvalue weighted by atomic mass is 10.1. The maximum atomic E-state index is 12.8. The third-order valence-corrected chi connectivity index (χ3v) is 4.64. The minimum absolute atomic E-state index is 0.330. The smallest absolute Gasteiger partial charge is 0.263 e. The third-order valence-electron chi connectivity index (χ3n) is 4.64. The fraction of sp³-hybridized carbons (Fsp3) is 0.409. The first-order valence-corrected chi connectivity index (χ1v) is 9.63. The summed E-state index contributed by atoms with van der Waals surface area (Å²) >= 11 is 0. The molecule has 0 aliphatic heterocycles. The number of anilines is 1. The number of methoxy groups -OCH3 is 3. The molecule has 2 aromatic carbocycles. The molecule has 1 N–H and O–H groups in total. The van der Waals surface area contributed by atoms with Crippen molar-refractivity contribution in [2.45, 2.75) is 13.8 Å². The average Bonchev–Trinajstić information content (AvgIpc) is 2.76. The topological polar surface area (TPSA) is 69.3 Å². The molecule has 29 heavy (non-hydrogen) atoms. The quantitative estimate of drug-likeness (QED) is 0.618. The van der Waals surface area contributed by atoms with Crippen molar-refractivity contribution >= 4 is 11.6 Å². The molecule has 0 aliphatic rings. The molecule has 0 unspecified atom stereocenters. The molecular weight excluding hydrogens is 372 g/mol. The second kappa shape index (κ2) is 11.2. The van der Waals surface area contributed by atoms with Crippen molar-refractivity contribution in [3.63, 3.8) is 0 Å². The molecule has 0 atom stereocenters. The lowest BCUT2D eigenvalue weighted by Crippen LogP contribution is -2.27. The number of hydrogen-bond acceptors (Lipinski definition) is 6. The molecule has 0 bridgehead atoms. The lowest BCUT2D eigenvalue weighted by Gasteiger charge is -2.19. The molecule has 0 fully saturated rings. The van der Waals surface area contributed by atoms with Crippen LogP contribution in [0.15, 0.2) is 36.4 Å². The second-order valence-electron chi connectivity index (χ2n) is 6.23. The molecule has 158 valence electrons. The SMILES string of the molecule is CCN(CC)CCOc1ccc(NC(=O)c2c(OC)cccc2OC)cc1OC.